The van der Waals surface area contributed by atoms with E-state index in [2.05, 4.69) is 0 Å². The zero-order valence-corrected chi connectivity index (χ0v) is 14.5. The Hall–Kier alpha value is -2.41. The largest absolute Gasteiger partial charge is 0.477 e. The summed E-state index contributed by atoms with van der Waals surface area (Å²) in [6, 6.07) is 1.82. The van der Waals surface area contributed by atoms with Gasteiger partial charge in [0.25, 0.3) is 0 Å². The van der Waals surface area contributed by atoms with Crippen LogP contribution in [0.4, 0.5) is 10.1 Å². The molecule has 1 aromatic heterocycles. The molecule has 0 spiro atoms. The van der Waals surface area contributed by atoms with Crippen molar-refractivity contribution in [3.63, 3.8) is 0 Å². The van der Waals surface area contributed by atoms with E-state index in [-0.39, 0.29) is 28.7 Å². The molecule has 0 bridgehead atoms. The molecular formula is C19H21FN2O4. The predicted molar refractivity (Wildman–Crippen MR) is 95.6 cm³/mol. The van der Waals surface area contributed by atoms with Crippen LogP contribution in [-0.4, -0.2) is 39.9 Å². The minimum Gasteiger partial charge on any atom is -0.477 e. The number of fused-ring (bicyclic) bond motifs is 1. The van der Waals surface area contributed by atoms with Crippen molar-refractivity contribution in [3.8, 4) is 0 Å². The number of rotatable bonds is 3. The summed E-state index contributed by atoms with van der Waals surface area (Å²) in [5.74, 6) is -1.78. The Morgan fingerprint density at radius 3 is 2.46 bits per heavy atom. The van der Waals surface area contributed by atoms with Gasteiger partial charge in [-0.15, -0.1) is 0 Å². The minimum absolute atomic E-state index is 0.148. The van der Waals surface area contributed by atoms with Crippen LogP contribution in [0.3, 0.4) is 0 Å². The average molecular weight is 360 g/mol. The van der Waals surface area contributed by atoms with E-state index in [0.29, 0.717) is 37.1 Å². The Labute approximate surface area is 149 Å². The number of aromatic carboxylic acids is 1. The number of piperidine rings is 1. The number of aromatic nitrogens is 1. The molecule has 2 aliphatic rings. The molecule has 2 fully saturated rings. The Bertz CT molecular complexity index is 956. The quantitative estimate of drug-likeness (QED) is 0.879. The molecule has 0 radical (unpaired) electrons. The molecule has 1 saturated carbocycles. The van der Waals surface area contributed by atoms with Crippen molar-refractivity contribution in [1.82, 2.24) is 4.57 Å². The molecule has 2 aromatic rings. The van der Waals surface area contributed by atoms with Crippen LogP contribution in [0.2, 0.25) is 0 Å². The number of halogens is 1. The zero-order chi connectivity index (χ0) is 18.6. The molecule has 7 heteroatoms. The molecular weight excluding hydrogens is 339 g/mol. The van der Waals surface area contributed by atoms with Gasteiger partial charge >= 0.3 is 5.97 Å². The second kappa shape index (κ2) is 6.09. The maximum atomic E-state index is 15.1. The second-order valence-corrected chi connectivity index (χ2v) is 7.26. The van der Waals surface area contributed by atoms with E-state index in [0.717, 1.165) is 12.8 Å². The van der Waals surface area contributed by atoms with Crippen LogP contribution in [0, 0.1) is 12.7 Å². The molecule has 0 unspecified atom stereocenters. The van der Waals surface area contributed by atoms with Gasteiger partial charge in [0.2, 0.25) is 5.43 Å². The van der Waals surface area contributed by atoms with Crippen LogP contribution in [0.1, 0.15) is 47.6 Å². The molecule has 0 amide bonds. The smallest absolute Gasteiger partial charge is 0.341 e. The molecule has 0 atom stereocenters. The molecule has 1 aliphatic carbocycles. The third kappa shape index (κ3) is 2.67. The molecule has 2 heterocycles. The summed E-state index contributed by atoms with van der Waals surface area (Å²) in [7, 11) is 0. The lowest BCUT2D eigenvalue weighted by Gasteiger charge is -2.32. The number of aliphatic hydroxyl groups is 1. The summed E-state index contributed by atoms with van der Waals surface area (Å²) < 4.78 is 16.9. The highest BCUT2D eigenvalue weighted by Crippen LogP contribution is 2.39. The summed E-state index contributed by atoms with van der Waals surface area (Å²) in [4.78, 5) is 26.0. The highest BCUT2D eigenvalue weighted by atomic mass is 19.1. The number of anilines is 1. The fraction of sp³-hybridized carbons (Fsp3) is 0.474. The molecule has 4 rings (SSSR count). The summed E-state index contributed by atoms with van der Waals surface area (Å²) in [5, 5.41) is 19.2. The lowest BCUT2D eigenvalue weighted by molar-refractivity contribution is 0.0695. The van der Waals surface area contributed by atoms with Gasteiger partial charge in [-0.2, -0.15) is 0 Å². The highest BCUT2D eigenvalue weighted by molar-refractivity contribution is 5.95. The van der Waals surface area contributed by atoms with Crippen LogP contribution in [0.5, 0.6) is 0 Å². The number of carboxylic acid groups (broad SMARTS) is 1. The van der Waals surface area contributed by atoms with Crippen LogP contribution in [0.15, 0.2) is 17.1 Å². The monoisotopic (exact) mass is 360 g/mol. The third-order valence-corrected chi connectivity index (χ3v) is 5.45. The van der Waals surface area contributed by atoms with Crippen LogP contribution in [-0.2, 0) is 0 Å². The normalized spacial score (nSPS) is 18.5. The number of aryl methyl sites for hydroxylation is 1. The number of hydrogen-bond donors (Lipinski definition) is 2. The minimum atomic E-state index is -1.29. The number of benzene rings is 1. The summed E-state index contributed by atoms with van der Waals surface area (Å²) in [6.07, 6.45) is 4.01. The molecule has 26 heavy (non-hydrogen) atoms. The van der Waals surface area contributed by atoms with Gasteiger partial charge in [0, 0.05) is 30.9 Å². The van der Waals surface area contributed by atoms with Crippen molar-refractivity contribution in [1.29, 1.82) is 0 Å². The first-order chi connectivity index (χ1) is 12.4. The Morgan fingerprint density at radius 1 is 1.23 bits per heavy atom. The van der Waals surface area contributed by atoms with Gasteiger partial charge in [-0.1, -0.05) is 0 Å². The Morgan fingerprint density at radius 2 is 1.88 bits per heavy atom. The summed E-state index contributed by atoms with van der Waals surface area (Å²) in [5.41, 5.74) is 0.231. The predicted octanol–water partition coefficient (Wildman–Crippen LogP) is 2.44. The van der Waals surface area contributed by atoms with Crippen molar-refractivity contribution in [2.24, 2.45) is 0 Å². The fourth-order valence-corrected chi connectivity index (χ4v) is 3.80. The Kier molecular flexibility index (Phi) is 3.99. The van der Waals surface area contributed by atoms with Crippen LogP contribution < -0.4 is 10.3 Å². The van der Waals surface area contributed by atoms with E-state index < -0.39 is 17.2 Å². The zero-order valence-electron chi connectivity index (χ0n) is 14.5. The van der Waals surface area contributed by atoms with Gasteiger partial charge in [-0.25, -0.2) is 9.18 Å². The summed E-state index contributed by atoms with van der Waals surface area (Å²) in [6.45, 7) is 2.62. The molecule has 2 N–H and O–H groups in total. The number of pyridine rings is 1. The standard InChI is InChI=1S/C19H21FN2O4/c1-10-16-14(8-15(17(10)20)21-6-4-12(23)5-7-21)22(11-2-3-11)9-13(18(16)24)19(25)26/h8-9,11-12,23H,2-7H2,1H3,(H,25,26). The lowest BCUT2D eigenvalue weighted by Crippen LogP contribution is -2.36. The van der Waals surface area contributed by atoms with Crippen molar-refractivity contribution in [3.05, 3.63) is 39.4 Å². The first-order valence-electron chi connectivity index (χ1n) is 8.92. The topological polar surface area (TPSA) is 82.8 Å². The molecule has 1 saturated heterocycles. The van der Waals surface area contributed by atoms with Crippen LogP contribution in [0.25, 0.3) is 10.9 Å². The molecule has 138 valence electrons. The van der Waals surface area contributed by atoms with E-state index >= 15 is 4.39 Å². The Balaban J connectivity index is 1.96. The average Bonchev–Trinajstić information content (AvgIpc) is 3.43. The lowest BCUT2D eigenvalue weighted by atomic mass is 10.0. The molecule has 1 aromatic carbocycles. The maximum absolute atomic E-state index is 15.1. The fourth-order valence-electron chi connectivity index (χ4n) is 3.80. The SMILES string of the molecule is Cc1c(F)c(N2CCC(O)CC2)cc2c1c(=O)c(C(=O)O)cn2C1CC1. The third-order valence-electron chi connectivity index (χ3n) is 5.45. The van der Waals surface area contributed by atoms with Crippen molar-refractivity contribution >= 4 is 22.6 Å². The number of nitrogens with zero attached hydrogens (tertiary/aromatic N) is 2. The first kappa shape index (κ1) is 17.0. The molecule has 1 aliphatic heterocycles. The first-order valence-corrected chi connectivity index (χ1v) is 8.92. The van der Waals surface area contributed by atoms with Gasteiger partial charge in [0.1, 0.15) is 11.4 Å². The van der Waals surface area contributed by atoms with Crippen molar-refractivity contribution in [2.75, 3.05) is 18.0 Å². The van der Waals surface area contributed by atoms with Crippen molar-refractivity contribution < 1.29 is 19.4 Å². The van der Waals surface area contributed by atoms with Gasteiger partial charge in [0.15, 0.2) is 0 Å². The second-order valence-electron chi connectivity index (χ2n) is 7.26. The van der Waals surface area contributed by atoms with Crippen LogP contribution >= 0.6 is 0 Å². The number of carbonyl (C=O) groups is 1. The number of hydrogen-bond acceptors (Lipinski definition) is 4. The van der Waals surface area contributed by atoms with Gasteiger partial charge in [0.05, 0.1) is 22.7 Å². The highest BCUT2D eigenvalue weighted by Gasteiger charge is 2.29. The maximum Gasteiger partial charge on any atom is 0.341 e. The molecule has 6 nitrogen and oxygen atoms in total. The number of carboxylic acids is 1. The van der Waals surface area contributed by atoms with E-state index in [4.69, 9.17) is 0 Å². The van der Waals surface area contributed by atoms with Crippen molar-refractivity contribution in [2.45, 2.75) is 44.8 Å². The number of aliphatic hydroxyl groups excluding tert-OH is 1. The summed E-state index contributed by atoms with van der Waals surface area (Å²) >= 11 is 0. The van der Waals surface area contributed by atoms with Gasteiger partial charge in [-0.05, 0) is 38.7 Å². The van der Waals surface area contributed by atoms with E-state index in [1.54, 1.807) is 6.07 Å². The van der Waals surface area contributed by atoms with E-state index in [1.807, 2.05) is 9.47 Å². The van der Waals surface area contributed by atoms with Gasteiger partial charge < -0.3 is 19.7 Å². The van der Waals surface area contributed by atoms with E-state index in [9.17, 15) is 19.8 Å². The van der Waals surface area contributed by atoms with E-state index in [1.165, 1.54) is 13.1 Å². The van der Waals surface area contributed by atoms with Gasteiger partial charge in [-0.3, -0.25) is 4.79 Å².